The lowest BCUT2D eigenvalue weighted by Crippen LogP contribution is -2.48. The highest BCUT2D eigenvalue weighted by Gasteiger charge is 2.47. The van der Waals surface area contributed by atoms with Crippen LogP contribution in [-0.2, 0) is 9.59 Å². The van der Waals surface area contributed by atoms with Gasteiger partial charge < -0.3 is 10.2 Å². The molecule has 4 aromatic rings. The van der Waals surface area contributed by atoms with Gasteiger partial charge in [0.2, 0.25) is 11.8 Å². The van der Waals surface area contributed by atoms with Crippen molar-refractivity contribution >= 4 is 45.6 Å². The molecule has 9 nitrogen and oxygen atoms in total. The molecule has 3 atom stereocenters. The first-order chi connectivity index (χ1) is 17.9. The molecule has 37 heavy (non-hydrogen) atoms. The molecule has 6 rings (SSSR count). The molecule has 0 radical (unpaired) electrons. The Morgan fingerprint density at radius 1 is 1.22 bits per heavy atom. The summed E-state index contributed by atoms with van der Waals surface area (Å²) >= 11 is 6.11. The van der Waals surface area contributed by atoms with E-state index in [1.54, 1.807) is 23.2 Å². The van der Waals surface area contributed by atoms with Crippen molar-refractivity contribution in [2.45, 2.75) is 31.8 Å². The SMILES string of the molecule is CC1C[C@@H](C(=O)Nc2ccc3ncccc3c2)N2C(=O)C=C(c3c(-n4cnnn4)ccc(Cl)c3F)CC12. The lowest BCUT2D eigenvalue weighted by Gasteiger charge is -2.34. The van der Waals surface area contributed by atoms with Crippen molar-refractivity contribution in [1.29, 1.82) is 0 Å². The first-order valence-corrected chi connectivity index (χ1v) is 12.2. The quantitative estimate of drug-likeness (QED) is 0.438. The minimum Gasteiger partial charge on any atom is -0.324 e. The number of nitrogens with zero attached hydrogens (tertiary/aromatic N) is 6. The van der Waals surface area contributed by atoms with E-state index < -0.39 is 11.9 Å². The number of fused-ring (bicyclic) bond motifs is 2. The second kappa shape index (κ2) is 9.04. The Bertz CT molecular complexity index is 1570. The number of rotatable bonds is 4. The van der Waals surface area contributed by atoms with Crippen LogP contribution in [-0.4, -0.2) is 54.0 Å². The van der Waals surface area contributed by atoms with E-state index in [2.05, 4.69) is 25.8 Å². The van der Waals surface area contributed by atoms with Gasteiger partial charge in [-0.3, -0.25) is 14.6 Å². The van der Waals surface area contributed by atoms with Crippen molar-refractivity contribution in [3.05, 3.63) is 77.5 Å². The maximum atomic E-state index is 15.3. The normalized spacial score (nSPS) is 21.2. The molecule has 0 spiro atoms. The molecule has 0 bridgehead atoms. The van der Waals surface area contributed by atoms with E-state index in [1.165, 1.54) is 23.2 Å². The number of carbonyl (C=O) groups excluding carboxylic acids is 2. The van der Waals surface area contributed by atoms with E-state index in [1.807, 2.05) is 31.2 Å². The van der Waals surface area contributed by atoms with Gasteiger partial charge in [0.15, 0.2) is 5.82 Å². The first-order valence-electron chi connectivity index (χ1n) is 11.8. The average molecular weight is 518 g/mol. The standard InChI is InChI=1S/C26H21ClFN7O2/c1-14-9-22(26(37)31-17-4-6-19-15(10-17)3-2-8-29-19)35-21(14)11-16(12-23(35)36)24-20(34-13-30-32-33-34)7-5-18(27)25(24)28/h2-8,10,12-14,21-22H,9,11H2,1H3,(H,31,37)/t14?,21?,22-/m0/s1. The maximum Gasteiger partial charge on any atom is 0.247 e. The smallest absolute Gasteiger partial charge is 0.247 e. The molecule has 2 aliphatic rings. The molecule has 1 N–H and O–H groups in total. The van der Waals surface area contributed by atoms with Crippen molar-refractivity contribution in [1.82, 2.24) is 30.1 Å². The predicted octanol–water partition coefficient (Wildman–Crippen LogP) is 4.03. The lowest BCUT2D eigenvalue weighted by atomic mass is 9.88. The Kier molecular flexibility index (Phi) is 5.68. The van der Waals surface area contributed by atoms with Crippen LogP contribution in [0.15, 0.2) is 61.1 Å². The van der Waals surface area contributed by atoms with E-state index in [4.69, 9.17) is 11.6 Å². The molecule has 2 aromatic carbocycles. The summed E-state index contributed by atoms with van der Waals surface area (Å²) in [6.07, 6.45) is 5.32. The van der Waals surface area contributed by atoms with Crippen LogP contribution in [0.2, 0.25) is 5.02 Å². The van der Waals surface area contributed by atoms with E-state index in [0.29, 0.717) is 29.8 Å². The molecule has 2 unspecified atom stereocenters. The van der Waals surface area contributed by atoms with Crippen molar-refractivity contribution in [2.75, 3.05) is 5.32 Å². The molecule has 186 valence electrons. The molecular formula is C26H21ClFN7O2. The van der Waals surface area contributed by atoms with Gasteiger partial charge in [0, 0.05) is 35.0 Å². The molecular weight excluding hydrogens is 497 g/mol. The molecule has 0 saturated carbocycles. The van der Waals surface area contributed by atoms with E-state index >= 15 is 4.39 Å². The predicted molar refractivity (Wildman–Crippen MR) is 135 cm³/mol. The summed E-state index contributed by atoms with van der Waals surface area (Å²) in [6.45, 7) is 2.00. The topological polar surface area (TPSA) is 106 Å². The molecule has 2 aliphatic heterocycles. The van der Waals surface area contributed by atoms with Crippen LogP contribution >= 0.6 is 11.6 Å². The van der Waals surface area contributed by atoms with Gasteiger partial charge in [0.1, 0.15) is 12.4 Å². The molecule has 1 fully saturated rings. The highest BCUT2D eigenvalue weighted by atomic mass is 35.5. The van der Waals surface area contributed by atoms with Gasteiger partial charge in [-0.2, -0.15) is 4.68 Å². The van der Waals surface area contributed by atoms with E-state index in [-0.39, 0.29) is 34.4 Å². The summed E-state index contributed by atoms with van der Waals surface area (Å²) in [5, 5.41) is 14.9. The molecule has 4 heterocycles. The maximum absolute atomic E-state index is 15.3. The third kappa shape index (κ3) is 4.03. The lowest BCUT2D eigenvalue weighted by molar-refractivity contribution is -0.135. The van der Waals surface area contributed by atoms with Gasteiger partial charge in [0.05, 0.1) is 16.2 Å². The number of pyridine rings is 1. The number of tetrazole rings is 1. The van der Waals surface area contributed by atoms with Gasteiger partial charge in [-0.05, 0) is 71.2 Å². The van der Waals surface area contributed by atoms with Gasteiger partial charge in [-0.25, -0.2) is 4.39 Å². The molecule has 0 aliphatic carbocycles. The Balaban J connectivity index is 1.30. The largest absolute Gasteiger partial charge is 0.324 e. The van der Waals surface area contributed by atoms with Crippen LogP contribution in [0.3, 0.4) is 0 Å². The fraction of sp³-hybridized carbons (Fsp3) is 0.231. The van der Waals surface area contributed by atoms with Gasteiger partial charge in [-0.1, -0.05) is 24.6 Å². The number of hydrogen-bond donors (Lipinski definition) is 1. The monoisotopic (exact) mass is 517 g/mol. The van der Waals surface area contributed by atoms with Gasteiger partial charge >= 0.3 is 0 Å². The number of benzene rings is 2. The van der Waals surface area contributed by atoms with Crippen molar-refractivity contribution in [2.24, 2.45) is 5.92 Å². The summed E-state index contributed by atoms with van der Waals surface area (Å²) in [5.41, 5.74) is 2.51. The number of anilines is 1. The highest BCUT2D eigenvalue weighted by molar-refractivity contribution is 6.31. The highest BCUT2D eigenvalue weighted by Crippen LogP contribution is 2.42. The third-order valence-corrected chi connectivity index (χ3v) is 7.38. The second-order valence-corrected chi connectivity index (χ2v) is 9.73. The average Bonchev–Trinajstić information content (AvgIpc) is 3.54. The van der Waals surface area contributed by atoms with Crippen molar-refractivity contribution in [3.63, 3.8) is 0 Å². The van der Waals surface area contributed by atoms with Crippen LogP contribution < -0.4 is 5.32 Å². The molecule has 1 saturated heterocycles. The molecule has 2 amide bonds. The van der Waals surface area contributed by atoms with E-state index in [0.717, 1.165) is 10.9 Å². The van der Waals surface area contributed by atoms with Crippen molar-refractivity contribution in [3.8, 4) is 5.69 Å². The Labute approximate surface area is 215 Å². The van der Waals surface area contributed by atoms with Crippen LogP contribution in [0.25, 0.3) is 22.2 Å². The number of aromatic nitrogens is 5. The van der Waals surface area contributed by atoms with Crippen LogP contribution in [0.1, 0.15) is 25.3 Å². The Morgan fingerprint density at radius 2 is 2.08 bits per heavy atom. The second-order valence-electron chi connectivity index (χ2n) is 9.33. The number of hydrogen-bond acceptors (Lipinski definition) is 6. The van der Waals surface area contributed by atoms with Crippen LogP contribution in [0.5, 0.6) is 0 Å². The van der Waals surface area contributed by atoms with E-state index in [9.17, 15) is 9.59 Å². The number of nitrogens with one attached hydrogen (secondary N) is 1. The summed E-state index contributed by atoms with van der Waals surface area (Å²) in [6, 6.07) is 11.4. The number of amides is 2. The van der Waals surface area contributed by atoms with Crippen LogP contribution in [0.4, 0.5) is 10.1 Å². The van der Waals surface area contributed by atoms with Crippen molar-refractivity contribution < 1.29 is 14.0 Å². The Hall–Kier alpha value is -4.18. The third-order valence-electron chi connectivity index (χ3n) is 7.09. The minimum atomic E-state index is -0.645. The summed E-state index contributed by atoms with van der Waals surface area (Å²) < 4.78 is 16.6. The summed E-state index contributed by atoms with van der Waals surface area (Å²) in [4.78, 5) is 32.6. The van der Waals surface area contributed by atoms with Gasteiger partial charge in [0.25, 0.3) is 0 Å². The zero-order valence-electron chi connectivity index (χ0n) is 19.7. The fourth-order valence-electron chi connectivity index (χ4n) is 5.35. The summed E-state index contributed by atoms with van der Waals surface area (Å²) in [5.74, 6) is -1.23. The molecule has 2 aromatic heterocycles. The zero-order valence-corrected chi connectivity index (χ0v) is 20.4. The molecule has 11 heteroatoms. The fourth-order valence-corrected chi connectivity index (χ4v) is 5.51. The Morgan fingerprint density at radius 3 is 2.89 bits per heavy atom. The number of carbonyl (C=O) groups is 2. The van der Waals surface area contributed by atoms with Crippen LogP contribution in [0, 0.1) is 11.7 Å². The van der Waals surface area contributed by atoms with Gasteiger partial charge in [-0.15, -0.1) is 5.10 Å². The zero-order chi connectivity index (χ0) is 25.7. The number of halogens is 2. The first kappa shape index (κ1) is 23.2. The summed E-state index contributed by atoms with van der Waals surface area (Å²) in [7, 11) is 0. The minimum absolute atomic E-state index is 0.0166.